The molecule has 0 amide bonds. The van der Waals surface area contributed by atoms with Crippen molar-refractivity contribution in [2.45, 2.75) is 95.1 Å². The summed E-state index contributed by atoms with van der Waals surface area (Å²) in [5.74, 6) is 0.441. The molecule has 0 spiro atoms. The van der Waals surface area contributed by atoms with Gasteiger partial charge in [0.05, 0.1) is 6.10 Å². The van der Waals surface area contributed by atoms with E-state index in [4.69, 9.17) is 3.07 Å². The molecule has 0 radical (unpaired) electrons. The zero-order chi connectivity index (χ0) is 18.9. The van der Waals surface area contributed by atoms with Crippen LogP contribution < -0.4 is 0 Å². The first kappa shape index (κ1) is 23.4. The van der Waals surface area contributed by atoms with Crippen LogP contribution in [0.5, 0.6) is 0 Å². The average molecular weight is 438 g/mol. The van der Waals surface area contributed by atoms with E-state index in [2.05, 4.69) is 62.3 Å². The van der Waals surface area contributed by atoms with Gasteiger partial charge in [0.1, 0.15) is 28.8 Å². The van der Waals surface area contributed by atoms with Crippen LogP contribution in [0.4, 0.5) is 0 Å². The Labute approximate surface area is 159 Å². The molecule has 0 aromatic rings. The van der Waals surface area contributed by atoms with Gasteiger partial charge in [-0.15, -0.1) is 0 Å². The van der Waals surface area contributed by atoms with Crippen molar-refractivity contribution in [3.63, 3.8) is 0 Å². The molecule has 3 heteroatoms. The third kappa shape index (κ3) is 6.30. The summed E-state index contributed by atoms with van der Waals surface area (Å²) in [4.78, 5) is 12.5. The molecule has 0 rings (SSSR count). The number of carbonyl (C=O) groups is 1. The topological polar surface area (TPSA) is 26.3 Å². The molecular weight excluding hydrogens is 399 g/mol. The fourth-order valence-electron chi connectivity index (χ4n) is 3.52. The second-order valence-electron chi connectivity index (χ2n) is 10.5. The first-order valence-corrected chi connectivity index (χ1v) is 9.68. The largest absolute Gasteiger partial charge is 0.312 e. The molecule has 0 aromatic heterocycles. The lowest BCUT2D eigenvalue weighted by Gasteiger charge is -2.47. The van der Waals surface area contributed by atoms with E-state index in [-0.39, 0.29) is 33.7 Å². The summed E-state index contributed by atoms with van der Waals surface area (Å²) < 4.78 is 5.88. The Morgan fingerprint density at radius 3 is 1.70 bits per heavy atom. The maximum Gasteiger partial charge on any atom is 0.141 e. The average Bonchev–Trinajstić information content (AvgIpc) is 2.31. The number of rotatable bonds is 8. The Balaban J connectivity index is 5.27. The number of hydrogen-bond donors (Lipinski definition) is 0. The molecule has 0 fully saturated rings. The fraction of sp³-hybridized carbons (Fsp3) is 0.950. The zero-order valence-electron chi connectivity index (χ0n) is 17.3. The van der Waals surface area contributed by atoms with Crippen molar-refractivity contribution in [2.24, 2.45) is 27.6 Å². The van der Waals surface area contributed by atoms with Gasteiger partial charge in [-0.3, -0.25) is 4.79 Å². The number of carbonyl (C=O) groups excluding carboxylic acids is 1. The molecule has 0 bridgehead atoms. The standard InChI is InChI=1S/C20H39IO2/c1-14(2)16(22)19(8,9)13-18(6,7)12-15(23-21)20(10,11)17(3,4)5/h14-15H,12-13H2,1-11H3. The van der Waals surface area contributed by atoms with E-state index in [0.29, 0.717) is 5.78 Å². The Hall–Kier alpha value is 0.360. The van der Waals surface area contributed by atoms with Crippen LogP contribution in [0.3, 0.4) is 0 Å². The maximum atomic E-state index is 12.5. The van der Waals surface area contributed by atoms with Gasteiger partial charge in [0.25, 0.3) is 0 Å². The molecule has 0 saturated heterocycles. The van der Waals surface area contributed by atoms with Crippen LogP contribution in [0.2, 0.25) is 0 Å². The highest BCUT2D eigenvalue weighted by molar-refractivity contribution is 14.1. The van der Waals surface area contributed by atoms with E-state index < -0.39 is 0 Å². The molecule has 0 heterocycles. The van der Waals surface area contributed by atoms with E-state index in [1.807, 2.05) is 36.9 Å². The van der Waals surface area contributed by atoms with Crippen LogP contribution in [0.25, 0.3) is 0 Å². The highest BCUT2D eigenvalue weighted by atomic mass is 127. The van der Waals surface area contributed by atoms with E-state index in [0.717, 1.165) is 12.8 Å². The Morgan fingerprint density at radius 1 is 0.957 bits per heavy atom. The SMILES string of the molecule is CC(C)C(=O)C(C)(C)CC(C)(C)CC(OI)C(C)(C)C(C)(C)C. The van der Waals surface area contributed by atoms with Gasteiger partial charge in [-0.1, -0.05) is 76.2 Å². The second-order valence-corrected chi connectivity index (χ2v) is 11.0. The lowest BCUT2D eigenvalue weighted by atomic mass is 9.61. The number of hydrogen-bond acceptors (Lipinski definition) is 2. The van der Waals surface area contributed by atoms with E-state index in [1.54, 1.807) is 0 Å². The molecule has 0 N–H and O–H groups in total. The molecule has 1 unspecified atom stereocenters. The molecule has 23 heavy (non-hydrogen) atoms. The monoisotopic (exact) mass is 438 g/mol. The Morgan fingerprint density at radius 2 is 1.39 bits per heavy atom. The van der Waals surface area contributed by atoms with E-state index in [1.165, 1.54) is 0 Å². The van der Waals surface area contributed by atoms with Gasteiger partial charge in [0.2, 0.25) is 0 Å². The summed E-state index contributed by atoms with van der Waals surface area (Å²) in [7, 11) is 0. The number of ketones is 1. The van der Waals surface area contributed by atoms with Crippen LogP contribution in [-0.4, -0.2) is 11.9 Å². The Bertz CT molecular complexity index is 400. The van der Waals surface area contributed by atoms with Crippen LogP contribution in [0.15, 0.2) is 0 Å². The summed E-state index contributed by atoms with van der Waals surface area (Å²) in [5.41, 5.74) is -0.0361. The van der Waals surface area contributed by atoms with Gasteiger partial charge < -0.3 is 3.07 Å². The normalized spacial score (nSPS) is 15.9. The molecule has 0 aliphatic heterocycles. The fourth-order valence-corrected chi connectivity index (χ4v) is 4.34. The van der Waals surface area contributed by atoms with Gasteiger partial charge in [-0.05, 0) is 29.1 Å². The summed E-state index contributed by atoms with van der Waals surface area (Å²) in [5, 5.41) is 0. The van der Waals surface area contributed by atoms with Gasteiger partial charge in [-0.25, -0.2) is 0 Å². The lowest BCUT2D eigenvalue weighted by Crippen LogP contribution is -2.44. The summed E-state index contributed by atoms with van der Waals surface area (Å²) in [6.45, 7) is 24.1. The molecular formula is C20H39IO2. The van der Waals surface area contributed by atoms with Crippen molar-refractivity contribution in [2.75, 3.05) is 0 Å². The van der Waals surface area contributed by atoms with E-state index >= 15 is 0 Å². The first-order chi connectivity index (χ1) is 9.98. The predicted octanol–water partition coefficient (Wildman–Crippen LogP) is 6.85. The quantitative estimate of drug-likeness (QED) is 0.387. The van der Waals surface area contributed by atoms with Crippen molar-refractivity contribution in [1.29, 1.82) is 0 Å². The van der Waals surface area contributed by atoms with Crippen molar-refractivity contribution < 1.29 is 7.86 Å². The minimum atomic E-state index is -0.292. The van der Waals surface area contributed by atoms with E-state index in [9.17, 15) is 4.79 Å². The molecule has 0 aliphatic carbocycles. The van der Waals surface area contributed by atoms with Crippen LogP contribution >= 0.6 is 23.0 Å². The van der Waals surface area contributed by atoms with Crippen molar-refractivity contribution >= 4 is 28.8 Å². The maximum absolute atomic E-state index is 12.5. The smallest absolute Gasteiger partial charge is 0.141 e. The highest BCUT2D eigenvalue weighted by Gasteiger charge is 2.44. The molecule has 0 aliphatic rings. The number of halogens is 1. The molecule has 0 saturated carbocycles. The van der Waals surface area contributed by atoms with Crippen LogP contribution in [0.1, 0.15) is 89.0 Å². The summed E-state index contributed by atoms with van der Waals surface area (Å²) >= 11 is 2.05. The second kappa shape index (κ2) is 7.72. The van der Waals surface area contributed by atoms with Crippen LogP contribution in [-0.2, 0) is 7.86 Å². The van der Waals surface area contributed by atoms with Crippen molar-refractivity contribution in [3.05, 3.63) is 0 Å². The summed E-state index contributed by atoms with van der Waals surface area (Å²) in [6, 6.07) is 0. The van der Waals surface area contributed by atoms with Gasteiger partial charge in [0, 0.05) is 11.3 Å². The predicted molar refractivity (Wildman–Crippen MR) is 109 cm³/mol. The van der Waals surface area contributed by atoms with Gasteiger partial charge >= 0.3 is 0 Å². The minimum Gasteiger partial charge on any atom is -0.312 e. The molecule has 1 atom stereocenters. The zero-order valence-corrected chi connectivity index (χ0v) is 19.4. The number of Topliss-reactive ketones (excluding diaryl/α,β-unsaturated/α-hetero) is 1. The first-order valence-electron chi connectivity index (χ1n) is 8.80. The van der Waals surface area contributed by atoms with Crippen molar-refractivity contribution in [1.82, 2.24) is 0 Å². The van der Waals surface area contributed by atoms with Crippen LogP contribution in [0, 0.1) is 27.6 Å². The summed E-state index contributed by atoms with van der Waals surface area (Å²) in [6.07, 6.45) is 1.99. The van der Waals surface area contributed by atoms with Gasteiger partial charge in [-0.2, -0.15) is 0 Å². The molecule has 138 valence electrons. The highest BCUT2D eigenvalue weighted by Crippen LogP contribution is 2.48. The molecule has 2 nitrogen and oxygen atoms in total. The lowest BCUT2D eigenvalue weighted by molar-refractivity contribution is -0.132. The van der Waals surface area contributed by atoms with Gasteiger partial charge in [0.15, 0.2) is 0 Å². The Kier molecular flexibility index (Phi) is 7.84. The molecule has 0 aromatic carbocycles. The minimum absolute atomic E-state index is 0.0480. The van der Waals surface area contributed by atoms with Crippen molar-refractivity contribution in [3.8, 4) is 0 Å². The third-order valence-electron chi connectivity index (χ3n) is 5.70. The third-order valence-corrected chi connectivity index (χ3v) is 6.31.